The van der Waals surface area contributed by atoms with Crippen LogP contribution in [0.1, 0.15) is 79.6 Å². The number of phenolic OH excluding ortho intramolecular Hbond substituents is 1. The maximum atomic E-state index is 13.3. The number of benzene rings is 2. The van der Waals surface area contributed by atoms with Gasteiger partial charge >= 0.3 is 5.97 Å². The van der Waals surface area contributed by atoms with Crippen LogP contribution in [-0.4, -0.2) is 40.7 Å². The Hall–Kier alpha value is -1.96. The Morgan fingerprint density at radius 2 is 1.86 bits per heavy atom. The molecule has 0 atom stereocenters. The maximum absolute atomic E-state index is 13.3. The van der Waals surface area contributed by atoms with Crippen LogP contribution in [0.3, 0.4) is 0 Å². The molecule has 1 aromatic heterocycles. The molecule has 1 heterocycles. The molecular formula is C30H41BrN2O3S. The number of unbranched alkanes of at least 4 members (excludes halogenated alkanes) is 5. The number of aromatic nitrogens is 1. The fraction of sp³-hybridized carbons (Fsp3) is 0.500. The van der Waals surface area contributed by atoms with Crippen LogP contribution in [0.2, 0.25) is 0 Å². The Bertz CT molecular complexity index is 1210. The summed E-state index contributed by atoms with van der Waals surface area (Å²) in [5.41, 5.74) is 4.35. The van der Waals surface area contributed by atoms with Crippen LogP contribution >= 0.6 is 27.7 Å². The Kier molecular flexibility index (Phi) is 11.4. The molecule has 1 N–H and O–H groups in total. The van der Waals surface area contributed by atoms with Gasteiger partial charge in [-0.25, -0.2) is 4.79 Å². The standard InChI is InChI=1S/C30H41BrN2O3S/c1-6-8-9-10-11-12-16-32(4)19-23-27-25(18-24(31)29(23)34)33(5)26(28(27)30(35)36-7-2)20-37-22-15-13-14-21(3)17-22/h13-15,17-18,34H,6-12,16,19-20H2,1-5H3. The first kappa shape index (κ1) is 29.6. The highest BCUT2D eigenvalue weighted by atomic mass is 79.9. The smallest absolute Gasteiger partial charge is 0.340 e. The quantitative estimate of drug-likeness (QED) is 0.117. The van der Waals surface area contributed by atoms with Crippen LogP contribution in [-0.2, 0) is 24.1 Å². The fourth-order valence-corrected chi connectivity index (χ4v) is 6.33. The van der Waals surface area contributed by atoms with Crippen LogP contribution in [0.4, 0.5) is 0 Å². The van der Waals surface area contributed by atoms with Gasteiger partial charge in [-0.2, -0.15) is 0 Å². The van der Waals surface area contributed by atoms with Crippen LogP contribution < -0.4 is 0 Å². The molecule has 202 valence electrons. The predicted molar refractivity (Wildman–Crippen MR) is 159 cm³/mol. The van der Waals surface area contributed by atoms with Crippen molar-refractivity contribution < 1.29 is 14.6 Å². The number of halogens is 1. The lowest BCUT2D eigenvalue weighted by Gasteiger charge is -2.19. The normalized spacial score (nSPS) is 11.5. The Morgan fingerprint density at radius 1 is 1.14 bits per heavy atom. The van der Waals surface area contributed by atoms with Crippen molar-refractivity contribution in [3.05, 3.63) is 57.2 Å². The van der Waals surface area contributed by atoms with Crippen molar-refractivity contribution in [3.63, 3.8) is 0 Å². The molecule has 37 heavy (non-hydrogen) atoms. The van der Waals surface area contributed by atoms with E-state index in [4.69, 9.17) is 4.74 Å². The molecule has 0 fully saturated rings. The lowest BCUT2D eigenvalue weighted by Crippen LogP contribution is -2.20. The van der Waals surface area contributed by atoms with Gasteiger partial charge in [0, 0.05) is 40.9 Å². The topological polar surface area (TPSA) is 54.7 Å². The van der Waals surface area contributed by atoms with E-state index < -0.39 is 0 Å². The van der Waals surface area contributed by atoms with Gasteiger partial charge in [0.25, 0.3) is 0 Å². The highest BCUT2D eigenvalue weighted by molar-refractivity contribution is 9.10. The molecule has 0 unspecified atom stereocenters. The molecule has 0 saturated carbocycles. The first-order valence-electron chi connectivity index (χ1n) is 13.3. The van der Waals surface area contributed by atoms with E-state index in [-0.39, 0.29) is 11.7 Å². The molecule has 2 aromatic carbocycles. The molecule has 0 aliphatic rings. The molecule has 3 rings (SSSR count). The Balaban J connectivity index is 1.96. The summed E-state index contributed by atoms with van der Waals surface area (Å²) in [6.45, 7) is 7.94. The highest BCUT2D eigenvalue weighted by Crippen LogP contribution is 2.41. The number of carbonyl (C=O) groups is 1. The average Bonchev–Trinajstić information content (AvgIpc) is 3.14. The lowest BCUT2D eigenvalue weighted by atomic mass is 10.0. The second kappa shape index (κ2) is 14.3. The number of rotatable bonds is 14. The maximum Gasteiger partial charge on any atom is 0.340 e. The molecule has 3 aromatic rings. The van der Waals surface area contributed by atoms with E-state index in [2.05, 4.69) is 70.6 Å². The van der Waals surface area contributed by atoms with Gasteiger partial charge in [-0.15, -0.1) is 11.8 Å². The van der Waals surface area contributed by atoms with E-state index in [9.17, 15) is 9.90 Å². The molecule has 5 nitrogen and oxygen atoms in total. The first-order valence-corrected chi connectivity index (χ1v) is 15.1. The van der Waals surface area contributed by atoms with Crippen molar-refractivity contribution in [2.45, 2.75) is 76.5 Å². The molecule has 0 aliphatic heterocycles. The average molecular weight is 590 g/mol. The minimum atomic E-state index is -0.338. The van der Waals surface area contributed by atoms with Crippen molar-refractivity contribution in [2.75, 3.05) is 20.2 Å². The van der Waals surface area contributed by atoms with Crippen molar-refractivity contribution in [2.24, 2.45) is 7.05 Å². The fourth-order valence-electron chi connectivity index (χ4n) is 4.79. The summed E-state index contributed by atoms with van der Waals surface area (Å²) in [7, 11) is 4.07. The van der Waals surface area contributed by atoms with E-state index in [0.29, 0.717) is 28.9 Å². The monoisotopic (exact) mass is 588 g/mol. The second-order valence-corrected chi connectivity index (χ2v) is 11.7. The van der Waals surface area contributed by atoms with Gasteiger partial charge in [-0.05, 0) is 68.0 Å². The van der Waals surface area contributed by atoms with Crippen molar-refractivity contribution in [1.82, 2.24) is 9.47 Å². The Morgan fingerprint density at radius 3 is 2.57 bits per heavy atom. The van der Waals surface area contributed by atoms with Gasteiger partial charge < -0.3 is 19.3 Å². The van der Waals surface area contributed by atoms with Crippen molar-refractivity contribution >= 4 is 44.6 Å². The van der Waals surface area contributed by atoms with Crippen molar-refractivity contribution in [3.8, 4) is 5.75 Å². The number of hydrogen-bond donors (Lipinski definition) is 1. The summed E-state index contributed by atoms with van der Waals surface area (Å²) in [6, 6.07) is 10.3. The zero-order chi connectivity index (χ0) is 26.9. The van der Waals surface area contributed by atoms with Gasteiger partial charge in [-0.1, -0.05) is 56.7 Å². The molecule has 0 radical (unpaired) electrons. The van der Waals surface area contributed by atoms with Gasteiger partial charge in [0.15, 0.2) is 0 Å². The zero-order valence-corrected chi connectivity index (χ0v) is 25.3. The van der Waals surface area contributed by atoms with E-state index >= 15 is 0 Å². The van der Waals surface area contributed by atoms with Crippen molar-refractivity contribution in [1.29, 1.82) is 0 Å². The van der Waals surface area contributed by atoms with Gasteiger partial charge in [0.05, 0.1) is 22.2 Å². The zero-order valence-electron chi connectivity index (χ0n) is 22.9. The number of fused-ring (bicyclic) bond motifs is 1. The third-order valence-electron chi connectivity index (χ3n) is 6.80. The van der Waals surface area contributed by atoms with Gasteiger partial charge in [0.1, 0.15) is 5.75 Å². The molecule has 0 spiro atoms. The number of aromatic hydroxyl groups is 1. The first-order chi connectivity index (χ1) is 17.8. The lowest BCUT2D eigenvalue weighted by molar-refractivity contribution is 0.0527. The van der Waals surface area contributed by atoms with Crippen LogP contribution in [0, 0.1) is 6.92 Å². The molecule has 0 amide bonds. The number of ether oxygens (including phenoxy) is 1. The van der Waals surface area contributed by atoms with Crippen LogP contribution in [0.5, 0.6) is 5.75 Å². The van der Waals surface area contributed by atoms with E-state index in [1.54, 1.807) is 11.8 Å². The number of nitrogens with zero attached hydrogens (tertiary/aromatic N) is 2. The predicted octanol–water partition coefficient (Wildman–Crippen LogP) is 8.22. The molecule has 7 heteroatoms. The number of thioether (sulfide) groups is 1. The van der Waals surface area contributed by atoms with E-state index in [1.165, 1.54) is 37.7 Å². The third-order valence-corrected chi connectivity index (χ3v) is 8.41. The summed E-state index contributed by atoms with van der Waals surface area (Å²) in [4.78, 5) is 16.7. The minimum absolute atomic E-state index is 0.191. The number of carbonyl (C=O) groups excluding carboxylic acids is 1. The summed E-state index contributed by atoms with van der Waals surface area (Å²) in [5.74, 6) is 0.472. The second-order valence-electron chi connectivity index (χ2n) is 9.79. The molecule has 0 aliphatic carbocycles. The SMILES string of the molecule is CCCCCCCCN(C)Cc1c(O)c(Br)cc2c1c(C(=O)OCC)c(CSc1cccc(C)c1)n2C. The Labute approximate surface area is 234 Å². The molecule has 0 bridgehead atoms. The van der Waals surface area contributed by atoms with Crippen LogP contribution in [0.15, 0.2) is 39.7 Å². The largest absolute Gasteiger partial charge is 0.506 e. The summed E-state index contributed by atoms with van der Waals surface area (Å²) < 4.78 is 8.25. The van der Waals surface area contributed by atoms with E-state index in [1.807, 2.05) is 20.0 Å². The molecule has 0 saturated heterocycles. The van der Waals surface area contributed by atoms with Gasteiger partial charge in [0.2, 0.25) is 0 Å². The number of esters is 1. The summed E-state index contributed by atoms with van der Waals surface area (Å²) in [5, 5.41) is 11.9. The number of aryl methyl sites for hydroxylation is 2. The highest BCUT2D eigenvalue weighted by Gasteiger charge is 2.27. The third kappa shape index (κ3) is 7.55. The van der Waals surface area contributed by atoms with Gasteiger partial charge in [-0.3, -0.25) is 0 Å². The molecular weight excluding hydrogens is 548 g/mol. The summed E-state index contributed by atoms with van der Waals surface area (Å²) in [6.07, 6.45) is 7.45. The number of phenols is 1. The summed E-state index contributed by atoms with van der Waals surface area (Å²) >= 11 is 5.26. The van der Waals surface area contributed by atoms with E-state index in [0.717, 1.165) is 40.0 Å². The minimum Gasteiger partial charge on any atom is -0.506 e. The van der Waals surface area contributed by atoms with Crippen LogP contribution in [0.25, 0.3) is 10.9 Å². The number of hydrogen-bond acceptors (Lipinski definition) is 5.